The van der Waals surface area contributed by atoms with Gasteiger partial charge in [-0.25, -0.2) is 4.98 Å². The van der Waals surface area contributed by atoms with E-state index in [1.54, 1.807) is 0 Å². The van der Waals surface area contributed by atoms with Crippen molar-refractivity contribution in [3.8, 4) is 0 Å². The first kappa shape index (κ1) is 12.9. The third-order valence-corrected chi connectivity index (χ3v) is 3.85. The predicted octanol–water partition coefficient (Wildman–Crippen LogP) is 2.82. The minimum atomic E-state index is 0.601. The fourth-order valence-electron chi connectivity index (χ4n) is 2.79. The standard InChI is InChI=1S/C16H20N4/c1-12-10-15(19-16(17-2)18-12)20-9-8-14(11-20)13-6-4-3-5-7-13/h3-7,10,14H,8-9,11H2,1-2H3,(H,17,18,19). The summed E-state index contributed by atoms with van der Waals surface area (Å²) < 4.78 is 0. The van der Waals surface area contributed by atoms with Crippen molar-refractivity contribution in [2.45, 2.75) is 19.3 Å². The molecule has 1 unspecified atom stereocenters. The summed E-state index contributed by atoms with van der Waals surface area (Å²) in [6.07, 6.45) is 1.18. The van der Waals surface area contributed by atoms with Crippen molar-refractivity contribution in [2.75, 3.05) is 30.4 Å². The average Bonchev–Trinajstić information content (AvgIpc) is 2.97. The van der Waals surface area contributed by atoms with Crippen LogP contribution in [-0.4, -0.2) is 30.1 Å². The van der Waals surface area contributed by atoms with E-state index < -0.39 is 0 Å². The van der Waals surface area contributed by atoms with Crippen molar-refractivity contribution in [1.82, 2.24) is 9.97 Å². The van der Waals surface area contributed by atoms with Gasteiger partial charge in [0, 0.05) is 37.8 Å². The Morgan fingerprint density at radius 2 is 2.00 bits per heavy atom. The lowest BCUT2D eigenvalue weighted by atomic mass is 9.99. The van der Waals surface area contributed by atoms with Gasteiger partial charge in [-0.05, 0) is 18.9 Å². The van der Waals surface area contributed by atoms with E-state index in [9.17, 15) is 0 Å². The van der Waals surface area contributed by atoms with E-state index in [0.717, 1.165) is 24.6 Å². The first-order chi connectivity index (χ1) is 9.76. The molecule has 0 radical (unpaired) electrons. The highest BCUT2D eigenvalue weighted by Gasteiger charge is 2.25. The second-order valence-electron chi connectivity index (χ2n) is 5.28. The highest BCUT2D eigenvalue weighted by molar-refractivity contribution is 5.46. The van der Waals surface area contributed by atoms with E-state index in [-0.39, 0.29) is 0 Å². The van der Waals surface area contributed by atoms with Gasteiger partial charge in [0.05, 0.1) is 0 Å². The number of rotatable bonds is 3. The summed E-state index contributed by atoms with van der Waals surface area (Å²) in [6, 6.07) is 12.8. The fraction of sp³-hybridized carbons (Fsp3) is 0.375. The van der Waals surface area contributed by atoms with Gasteiger partial charge in [0.15, 0.2) is 0 Å². The van der Waals surface area contributed by atoms with Gasteiger partial charge in [-0.3, -0.25) is 0 Å². The van der Waals surface area contributed by atoms with E-state index in [1.807, 2.05) is 14.0 Å². The Hall–Kier alpha value is -2.10. The summed E-state index contributed by atoms with van der Waals surface area (Å²) in [7, 11) is 1.86. The van der Waals surface area contributed by atoms with E-state index in [1.165, 1.54) is 12.0 Å². The molecule has 1 aliphatic heterocycles. The molecular formula is C16H20N4. The first-order valence-electron chi connectivity index (χ1n) is 7.09. The molecule has 0 amide bonds. The smallest absolute Gasteiger partial charge is 0.224 e. The van der Waals surface area contributed by atoms with Crippen molar-refractivity contribution in [2.24, 2.45) is 0 Å². The van der Waals surface area contributed by atoms with Crippen LogP contribution in [0.15, 0.2) is 36.4 Å². The lowest BCUT2D eigenvalue weighted by molar-refractivity contribution is 0.774. The van der Waals surface area contributed by atoms with Crippen molar-refractivity contribution < 1.29 is 0 Å². The van der Waals surface area contributed by atoms with Gasteiger partial charge >= 0.3 is 0 Å². The molecule has 4 heteroatoms. The van der Waals surface area contributed by atoms with Crippen LogP contribution >= 0.6 is 0 Å². The zero-order valence-electron chi connectivity index (χ0n) is 12.0. The normalized spacial score (nSPS) is 18.3. The lowest BCUT2D eigenvalue weighted by Crippen LogP contribution is -2.21. The van der Waals surface area contributed by atoms with Crippen LogP contribution in [0, 0.1) is 6.92 Å². The zero-order valence-corrected chi connectivity index (χ0v) is 12.0. The molecule has 0 saturated carbocycles. The van der Waals surface area contributed by atoms with Gasteiger partial charge in [-0.2, -0.15) is 4.98 Å². The average molecular weight is 268 g/mol. The van der Waals surface area contributed by atoms with E-state index in [2.05, 4.69) is 56.6 Å². The molecule has 20 heavy (non-hydrogen) atoms. The third-order valence-electron chi connectivity index (χ3n) is 3.85. The lowest BCUT2D eigenvalue weighted by Gasteiger charge is -2.18. The topological polar surface area (TPSA) is 41.1 Å². The first-order valence-corrected chi connectivity index (χ1v) is 7.09. The van der Waals surface area contributed by atoms with E-state index in [4.69, 9.17) is 0 Å². The Morgan fingerprint density at radius 3 is 2.75 bits per heavy atom. The second-order valence-corrected chi connectivity index (χ2v) is 5.28. The summed E-state index contributed by atoms with van der Waals surface area (Å²) in [5.41, 5.74) is 2.43. The number of hydrogen-bond donors (Lipinski definition) is 1. The third kappa shape index (κ3) is 2.59. The van der Waals surface area contributed by atoms with Crippen LogP contribution in [0.25, 0.3) is 0 Å². The molecule has 2 aromatic rings. The Kier molecular flexibility index (Phi) is 3.54. The van der Waals surface area contributed by atoms with Crippen LogP contribution in [0.2, 0.25) is 0 Å². The van der Waals surface area contributed by atoms with Gasteiger partial charge < -0.3 is 10.2 Å². The Labute approximate surface area is 119 Å². The van der Waals surface area contributed by atoms with E-state index >= 15 is 0 Å². The molecule has 0 bridgehead atoms. The Balaban J connectivity index is 1.79. The van der Waals surface area contributed by atoms with Gasteiger partial charge in [0.2, 0.25) is 5.95 Å². The molecule has 1 aliphatic rings. The SMILES string of the molecule is CNc1nc(C)cc(N2CCC(c3ccccc3)C2)n1. The van der Waals surface area contributed by atoms with Gasteiger partial charge in [0.1, 0.15) is 5.82 Å². The maximum atomic E-state index is 4.57. The molecule has 2 heterocycles. The molecular weight excluding hydrogens is 248 g/mol. The Bertz CT molecular complexity index is 582. The molecule has 1 N–H and O–H groups in total. The molecule has 1 aromatic carbocycles. The largest absolute Gasteiger partial charge is 0.357 e. The molecule has 0 aliphatic carbocycles. The number of aromatic nitrogens is 2. The summed E-state index contributed by atoms with van der Waals surface area (Å²) in [6.45, 7) is 4.10. The fourth-order valence-corrected chi connectivity index (χ4v) is 2.79. The van der Waals surface area contributed by atoms with Crippen LogP contribution in [-0.2, 0) is 0 Å². The number of nitrogens with zero attached hydrogens (tertiary/aromatic N) is 3. The Morgan fingerprint density at radius 1 is 1.20 bits per heavy atom. The molecule has 0 spiro atoms. The highest BCUT2D eigenvalue weighted by atomic mass is 15.2. The predicted molar refractivity (Wildman–Crippen MR) is 82.3 cm³/mol. The minimum absolute atomic E-state index is 0.601. The van der Waals surface area contributed by atoms with Crippen LogP contribution in [0.1, 0.15) is 23.6 Å². The summed E-state index contributed by atoms with van der Waals surface area (Å²) in [5.74, 6) is 2.33. The zero-order chi connectivity index (χ0) is 13.9. The molecule has 1 saturated heterocycles. The minimum Gasteiger partial charge on any atom is -0.357 e. The van der Waals surface area contributed by atoms with Gasteiger partial charge in [-0.15, -0.1) is 0 Å². The maximum Gasteiger partial charge on any atom is 0.224 e. The number of hydrogen-bond acceptors (Lipinski definition) is 4. The highest BCUT2D eigenvalue weighted by Crippen LogP contribution is 2.30. The van der Waals surface area contributed by atoms with Crippen molar-refractivity contribution in [3.63, 3.8) is 0 Å². The summed E-state index contributed by atoms with van der Waals surface area (Å²) in [4.78, 5) is 11.3. The van der Waals surface area contributed by atoms with Crippen molar-refractivity contribution in [1.29, 1.82) is 0 Å². The molecule has 3 rings (SSSR count). The molecule has 104 valence electrons. The summed E-state index contributed by atoms with van der Waals surface area (Å²) >= 11 is 0. The monoisotopic (exact) mass is 268 g/mol. The number of aryl methyl sites for hydroxylation is 1. The number of anilines is 2. The van der Waals surface area contributed by atoms with E-state index in [0.29, 0.717) is 11.9 Å². The maximum absolute atomic E-state index is 4.57. The molecule has 1 aromatic heterocycles. The number of benzene rings is 1. The van der Waals surface area contributed by atoms with Gasteiger partial charge in [0.25, 0.3) is 0 Å². The van der Waals surface area contributed by atoms with Crippen molar-refractivity contribution in [3.05, 3.63) is 47.7 Å². The van der Waals surface area contributed by atoms with Crippen LogP contribution in [0.3, 0.4) is 0 Å². The van der Waals surface area contributed by atoms with Gasteiger partial charge in [-0.1, -0.05) is 30.3 Å². The van der Waals surface area contributed by atoms with Crippen LogP contribution in [0.4, 0.5) is 11.8 Å². The molecule has 4 nitrogen and oxygen atoms in total. The molecule has 1 atom stereocenters. The quantitative estimate of drug-likeness (QED) is 0.929. The van der Waals surface area contributed by atoms with Crippen molar-refractivity contribution >= 4 is 11.8 Å². The molecule has 1 fully saturated rings. The number of nitrogens with one attached hydrogen (secondary N) is 1. The van der Waals surface area contributed by atoms with Crippen LogP contribution < -0.4 is 10.2 Å². The van der Waals surface area contributed by atoms with Crippen LogP contribution in [0.5, 0.6) is 0 Å². The summed E-state index contributed by atoms with van der Waals surface area (Å²) in [5, 5.41) is 3.03. The second kappa shape index (κ2) is 5.49.